The first-order chi connectivity index (χ1) is 6.59. The maximum absolute atomic E-state index is 13.1. The first kappa shape index (κ1) is 8.99. The molecule has 0 spiro atoms. The number of benzene rings is 1. The van der Waals surface area contributed by atoms with Gasteiger partial charge in [-0.3, -0.25) is 4.68 Å². The van der Waals surface area contributed by atoms with Gasteiger partial charge in [0, 0.05) is 11.4 Å². The standard InChI is InChI=1S/C10H12FN3/c1-6(2)14-10-4-9(12)8(11)3-7(10)5-13-14/h3-6H,12H2,1-2H3. The highest BCUT2D eigenvalue weighted by Gasteiger charge is 2.08. The van der Waals surface area contributed by atoms with Gasteiger partial charge in [0.25, 0.3) is 0 Å². The lowest BCUT2D eigenvalue weighted by atomic mass is 10.2. The second kappa shape index (κ2) is 2.97. The highest BCUT2D eigenvalue weighted by Crippen LogP contribution is 2.22. The number of fused-ring (bicyclic) bond motifs is 1. The van der Waals surface area contributed by atoms with Crippen LogP contribution in [0.3, 0.4) is 0 Å². The minimum Gasteiger partial charge on any atom is -0.396 e. The molecule has 1 aromatic carbocycles. The van der Waals surface area contributed by atoms with Gasteiger partial charge in [-0.1, -0.05) is 0 Å². The van der Waals surface area contributed by atoms with E-state index in [2.05, 4.69) is 5.10 Å². The van der Waals surface area contributed by atoms with Crippen molar-refractivity contribution in [2.45, 2.75) is 19.9 Å². The van der Waals surface area contributed by atoms with Gasteiger partial charge in [0.2, 0.25) is 0 Å². The summed E-state index contributed by atoms with van der Waals surface area (Å²) in [7, 11) is 0. The lowest BCUT2D eigenvalue weighted by Gasteiger charge is -2.07. The van der Waals surface area contributed by atoms with E-state index in [1.54, 1.807) is 12.3 Å². The molecule has 0 amide bonds. The lowest BCUT2D eigenvalue weighted by Crippen LogP contribution is -2.02. The average molecular weight is 193 g/mol. The molecule has 2 N–H and O–H groups in total. The largest absolute Gasteiger partial charge is 0.396 e. The zero-order valence-corrected chi connectivity index (χ0v) is 8.16. The fourth-order valence-corrected chi connectivity index (χ4v) is 1.49. The van der Waals surface area contributed by atoms with Crippen molar-refractivity contribution in [3.63, 3.8) is 0 Å². The normalized spacial score (nSPS) is 11.4. The number of halogens is 1. The highest BCUT2D eigenvalue weighted by molar-refractivity contribution is 5.82. The topological polar surface area (TPSA) is 43.8 Å². The summed E-state index contributed by atoms with van der Waals surface area (Å²) in [6.45, 7) is 4.04. The molecular formula is C10H12FN3. The van der Waals surface area contributed by atoms with Gasteiger partial charge in [-0.15, -0.1) is 0 Å². The summed E-state index contributed by atoms with van der Waals surface area (Å²) in [6.07, 6.45) is 1.65. The van der Waals surface area contributed by atoms with Crippen LogP contribution in [0.5, 0.6) is 0 Å². The third kappa shape index (κ3) is 1.23. The SMILES string of the molecule is CC(C)n1ncc2cc(F)c(N)cc21. The van der Waals surface area contributed by atoms with Gasteiger partial charge in [-0.25, -0.2) is 4.39 Å². The third-order valence-electron chi connectivity index (χ3n) is 2.20. The monoisotopic (exact) mass is 193 g/mol. The fraction of sp³-hybridized carbons (Fsp3) is 0.300. The Morgan fingerprint density at radius 3 is 2.79 bits per heavy atom. The Labute approximate surface area is 81.3 Å². The molecule has 1 heterocycles. The first-order valence-corrected chi connectivity index (χ1v) is 4.52. The van der Waals surface area contributed by atoms with Crippen molar-refractivity contribution in [1.82, 2.24) is 9.78 Å². The molecule has 0 fully saturated rings. The van der Waals surface area contributed by atoms with Gasteiger partial charge in [0.1, 0.15) is 5.82 Å². The van der Waals surface area contributed by atoms with Crippen LogP contribution in [-0.2, 0) is 0 Å². The van der Waals surface area contributed by atoms with Gasteiger partial charge in [0.15, 0.2) is 0 Å². The van der Waals surface area contributed by atoms with E-state index in [9.17, 15) is 4.39 Å². The lowest BCUT2D eigenvalue weighted by molar-refractivity contribution is 0.550. The van der Waals surface area contributed by atoms with Gasteiger partial charge < -0.3 is 5.73 Å². The van der Waals surface area contributed by atoms with E-state index in [0.29, 0.717) is 0 Å². The van der Waals surface area contributed by atoms with Crippen molar-refractivity contribution >= 4 is 16.6 Å². The number of rotatable bonds is 1. The average Bonchev–Trinajstić information content (AvgIpc) is 2.48. The summed E-state index contributed by atoms with van der Waals surface area (Å²) >= 11 is 0. The van der Waals surface area contributed by atoms with Crippen molar-refractivity contribution in [2.24, 2.45) is 0 Å². The van der Waals surface area contributed by atoms with E-state index < -0.39 is 0 Å². The molecule has 0 saturated carbocycles. The van der Waals surface area contributed by atoms with E-state index in [1.807, 2.05) is 18.5 Å². The Bertz CT molecular complexity index is 473. The third-order valence-corrected chi connectivity index (χ3v) is 2.20. The van der Waals surface area contributed by atoms with Crippen LogP contribution in [0.15, 0.2) is 18.3 Å². The first-order valence-electron chi connectivity index (χ1n) is 4.52. The quantitative estimate of drug-likeness (QED) is 0.706. The molecule has 4 heteroatoms. The Morgan fingerprint density at radius 1 is 1.43 bits per heavy atom. The molecule has 0 radical (unpaired) electrons. The summed E-state index contributed by atoms with van der Waals surface area (Å²) in [5, 5.41) is 4.95. The molecule has 3 nitrogen and oxygen atoms in total. The summed E-state index contributed by atoms with van der Waals surface area (Å²) < 4.78 is 14.9. The van der Waals surface area contributed by atoms with Crippen LogP contribution in [0.4, 0.5) is 10.1 Å². The Balaban J connectivity index is 2.74. The van der Waals surface area contributed by atoms with Crippen LogP contribution in [0.25, 0.3) is 10.9 Å². The Morgan fingerprint density at radius 2 is 2.14 bits per heavy atom. The number of hydrogen-bond donors (Lipinski definition) is 1. The molecule has 1 aromatic heterocycles. The number of nitrogens with zero attached hydrogens (tertiary/aromatic N) is 2. The number of nitrogens with two attached hydrogens (primary N) is 1. The number of nitrogen functional groups attached to an aromatic ring is 1. The molecule has 2 aromatic rings. The maximum Gasteiger partial charge on any atom is 0.146 e. The molecule has 0 bridgehead atoms. The van der Waals surface area contributed by atoms with Crippen molar-refractivity contribution in [3.8, 4) is 0 Å². The highest BCUT2D eigenvalue weighted by atomic mass is 19.1. The minimum atomic E-state index is -0.388. The van der Waals surface area contributed by atoms with E-state index in [1.165, 1.54) is 6.07 Å². The maximum atomic E-state index is 13.1. The van der Waals surface area contributed by atoms with Crippen LogP contribution in [0.1, 0.15) is 19.9 Å². The van der Waals surface area contributed by atoms with Crippen LogP contribution in [0, 0.1) is 5.82 Å². The molecule has 0 saturated heterocycles. The van der Waals surface area contributed by atoms with Gasteiger partial charge in [-0.05, 0) is 26.0 Å². The van der Waals surface area contributed by atoms with Gasteiger partial charge in [0.05, 0.1) is 17.4 Å². The van der Waals surface area contributed by atoms with Crippen molar-refractivity contribution in [3.05, 3.63) is 24.1 Å². The van der Waals surface area contributed by atoms with Gasteiger partial charge >= 0.3 is 0 Å². The summed E-state index contributed by atoms with van der Waals surface area (Å²) in [4.78, 5) is 0. The van der Waals surface area contributed by atoms with E-state index in [0.717, 1.165) is 10.9 Å². The molecule has 0 atom stereocenters. The summed E-state index contributed by atoms with van der Waals surface area (Å²) in [5.41, 5.74) is 6.54. The van der Waals surface area contributed by atoms with Crippen molar-refractivity contribution in [1.29, 1.82) is 0 Å². The number of anilines is 1. The van der Waals surface area contributed by atoms with Crippen molar-refractivity contribution in [2.75, 3.05) is 5.73 Å². The molecule has 0 unspecified atom stereocenters. The fourth-order valence-electron chi connectivity index (χ4n) is 1.49. The minimum absolute atomic E-state index is 0.167. The summed E-state index contributed by atoms with van der Waals surface area (Å²) in [6, 6.07) is 3.28. The molecule has 14 heavy (non-hydrogen) atoms. The second-order valence-electron chi connectivity index (χ2n) is 3.62. The molecule has 2 rings (SSSR count). The predicted octanol–water partition coefficient (Wildman–Crippen LogP) is 2.34. The Hall–Kier alpha value is -1.58. The molecule has 0 aliphatic carbocycles. The van der Waals surface area contributed by atoms with E-state index in [4.69, 9.17) is 5.73 Å². The zero-order valence-electron chi connectivity index (χ0n) is 8.16. The predicted molar refractivity (Wildman–Crippen MR) is 54.5 cm³/mol. The van der Waals surface area contributed by atoms with Gasteiger partial charge in [-0.2, -0.15) is 5.10 Å². The second-order valence-corrected chi connectivity index (χ2v) is 3.62. The molecule has 0 aliphatic heterocycles. The molecular weight excluding hydrogens is 181 g/mol. The van der Waals surface area contributed by atoms with E-state index in [-0.39, 0.29) is 17.5 Å². The van der Waals surface area contributed by atoms with Crippen molar-refractivity contribution < 1.29 is 4.39 Å². The number of hydrogen-bond acceptors (Lipinski definition) is 2. The van der Waals surface area contributed by atoms with Crippen LogP contribution in [-0.4, -0.2) is 9.78 Å². The summed E-state index contributed by atoms with van der Waals surface area (Å²) in [5.74, 6) is -0.388. The molecule has 0 aliphatic rings. The number of aromatic nitrogens is 2. The van der Waals surface area contributed by atoms with E-state index >= 15 is 0 Å². The Kier molecular flexibility index (Phi) is 1.91. The molecule has 74 valence electrons. The van der Waals surface area contributed by atoms with Crippen LogP contribution < -0.4 is 5.73 Å². The zero-order chi connectivity index (χ0) is 10.3. The van der Waals surface area contributed by atoms with Crippen LogP contribution in [0.2, 0.25) is 0 Å². The smallest absolute Gasteiger partial charge is 0.146 e. The van der Waals surface area contributed by atoms with Crippen LogP contribution >= 0.6 is 0 Å².